The molecule has 1 aromatic rings. The van der Waals surface area contributed by atoms with Gasteiger partial charge in [0.1, 0.15) is 5.75 Å². The maximum atomic E-state index is 12.8. The quantitative estimate of drug-likeness (QED) is 0.625. The minimum absolute atomic E-state index is 0.252. The van der Waals surface area contributed by atoms with Gasteiger partial charge in [-0.1, -0.05) is 6.07 Å². The molecular weight excluding hydrogens is 322 g/mol. The maximum absolute atomic E-state index is 12.8. The molecule has 1 aromatic carbocycles. The van der Waals surface area contributed by atoms with Crippen molar-refractivity contribution in [2.75, 3.05) is 10.8 Å². The van der Waals surface area contributed by atoms with Crippen molar-refractivity contribution in [1.82, 2.24) is 0 Å². The topological polar surface area (TPSA) is 29.5 Å². The molecule has 1 atom stereocenters. The average Bonchev–Trinajstić information content (AvgIpc) is 2.69. The van der Waals surface area contributed by atoms with Crippen LogP contribution in [0.5, 0.6) is 5.75 Å². The summed E-state index contributed by atoms with van der Waals surface area (Å²) >= 11 is 6.88. The number of anilines is 1. The van der Waals surface area contributed by atoms with Crippen LogP contribution in [-0.4, -0.2) is 29.0 Å². The fourth-order valence-corrected chi connectivity index (χ4v) is 2.63. The van der Waals surface area contributed by atoms with Crippen molar-refractivity contribution in [2.24, 2.45) is 0 Å². The summed E-state index contributed by atoms with van der Waals surface area (Å²) in [5.74, 6) is -0.597. The van der Waals surface area contributed by atoms with Gasteiger partial charge in [0, 0.05) is 11.8 Å². The molecule has 1 aliphatic heterocycles. The highest BCUT2D eigenvalue weighted by molar-refractivity contribution is 8.02. The Morgan fingerprint density at radius 2 is 2.15 bits per heavy atom. The van der Waals surface area contributed by atoms with Gasteiger partial charge in [-0.25, -0.2) is 0 Å². The molecule has 1 heterocycles. The number of hydrogen-bond donors (Lipinski definition) is 0. The molecule has 2 rings (SSSR count). The van der Waals surface area contributed by atoms with E-state index in [4.69, 9.17) is 11.6 Å². The number of alkyl halides is 5. The Labute approximate surface area is 120 Å². The zero-order valence-corrected chi connectivity index (χ0v) is 11.3. The summed E-state index contributed by atoms with van der Waals surface area (Å²) in [6.07, 6.45) is -8.53. The average molecular weight is 330 g/mol. The lowest BCUT2D eigenvalue weighted by Gasteiger charge is -2.19. The number of amides is 1. The summed E-state index contributed by atoms with van der Waals surface area (Å²) in [4.78, 5) is 12.9. The first kappa shape index (κ1) is 15.2. The van der Waals surface area contributed by atoms with Crippen LogP contribution in [0.4, 0.5) is 23.2 Å². The number of carbonyl (C=O) groups excluding carboxylic acids is 1. The molecule has 0 saturated carbocycles. The van der Waals surface area contributed by atoms with Crippen LogP contribution in [0.25, 0.3) is 0 Å². The van der Waals surface area contributed by atoms with Crippen molar-refractivity contribution < 1.29 is 27.1 Å². The number of ether oxygens (including phenoxy) is 1. The van der Waals surface area contributed by atoms with Crippen molar-refractivity contribution in [3.05, 3.63) is 24.3 Å². The van der Waals surface area contributed by atoms with E-state index in [9.17, 15) is 22.4 Å². The molecule has 1 aliphatic rings. The monoisotopic (exact) mass is 329 g/mol. The summed E-state index contributed by atoms with van der Waals surface area (Å²) in [5, 5.41) is 0. The van der Waals surface area contributed by atoms with E-state index in [1.54, 1.807) is 0 Å². The van der Waals surface area contributed by atoms with E-state index in [1.807, 2.05) is 0 Å². The molecule has 20 heavy (non-hydrogen) atoms. The Morgan fingerprint density at radius 1 is 1.45 bits per heavy atom. The second kappa shape index (κ2) is 5.69. The smallest absolute Gasteiger partial charge is 0.428 e. The van der Waals surface area contributed by atoms with Gasteiger partial charge in [0.05, 0.1) is 5.88 Å². The molecular formula is C11H8ClF4NO2S. The van der Waals surface area contributed by atoms with E-state index in [0.717, 1.165) is 12.1 Å². The Hall–Kier alpha value is -1.15. The van der Waals surface area contributed by atoms with Gasteiger partial charge in [-0.2, -0.15) is 17.6 Å². The molecule has 0 spiro atoms. The summed E-state index contributed by atoms with van der Waals surface area (Å²) in [6, 6.07) is 4.99. The Kier molecular flexibility index (Phi) is 4.33. The Bertz CT molecular complexity index is 517. The van der Waals surface area contributed by atoms with Crippen LogP contribution in [-0.2, 0) is 4.79 Å². The van der Waals surface area contributed by atoms with Crippen molar-refractivity contribution >= 4 is 35.0 Å². The molecule has 9 heteroatoms. The van der Waals surface area contributed by atoms with Gasteiger partial charge < -0.3 is 9.64 Å². The van der Waals surface area contributed by atoms with Crippen LogP contribution < -0.4 is 9.64 Å². The molecule has 0 aliphatic carbocycles. The van der Waals surface area contributed by atoms with Gasteiger partial charge in [0.2, 0.25) is 0 Å². The molecule has 0 N–H and O–H groups in total. The van der Waals surface area contributed by atoms with Gasteiger partial charge in [0.25, 0.3) is 5.91 Å². The number of benzene rings is 1. The number of thioether (sulfide) groups is 1. The van der Waals surface area contributed by atoms with Gasteiger partial charge in [-0.15, -0.1) is 23.4 Å². The Morgan fingerprint density at radius 3 is 2.70 bits per heavy atom. The zero-order valence-electron chi connectivity index (χ0n) is 9.73. The predicted molar refractivity (Wildman–Crippen MR) is 67.6 cm³/mol. The Balaban J connectivity index is 2.19. The normalized spacial score (nSPS) is 19.8. The molecule has 1 amide bonds. The second-order valence-corrected chi connectivity index (χ2v) is 5.60. The predicted octanol–water partition coefficient (Wildman–Crippen LogP) is 3.53. The highest BCUT2D eigenvalue weighted by Gasteiger charge is 2.44. The molecule has 1 saturated heterocycles. The lowest BCUT2D eigenvalue weighted by molar-refractivity contribution is -0.253. The van der Waals surface area contributed by atoms with Crippen LogP contribution in [0, 0.1) is 0 Å². The minimum Gasteiger partial charge on any atom is -0.428 e. The number of nitrogens with zero attached hydrogens (tertiary/aromatic N) is 1. The van der Waals surface area contributed by atoms with Crippen LogP contribution in [0.1, 0.15) is 0 Å². The van der Waals surface area contributed by atoms with Crippen LogP contribution >= 0.6 is 23.4 Å². The zero-order chi connectivity index (χ0) is 14.9. The lowest BCUT2D eigenvalue weighted by Crippen LogP contribution is -2.33. The lowest BCUT2D eigenvalue weighted by atomic mass is 10.3. The highest BCUT2D eigenvalue weighted by atomic mass is 35.5. The van der Waals surface area contributed by atoms with E-state index in [2.05, 4.69) is 4.74 Å². The fourth-order valence-electron chi connectivity index (χ4n) is 1.52. The van der Waals surface area contributed by atoms with E-state index in [1.165, 1.54) is 28.8 Å². The highest BCUT2D eigenvalue weighted by Crippen LogP contribution is 2.34. The van der Waals surface area contributed by atoms with Gasteiger partial charge >= 0.3 is 12.5 Å². The van der Waals surface area contributed by atoms with E-state index in [-0.39, 0.29) is 11.6 Å². The van der Waals surface area contributed by atoms with Crippen LogP contribution in [0.15, 0.2) is 24.3 Å². The van der Waals surface area contributed by atoms with Crippen molar-refractivity contribution in [3.63, 3.8) is 0 Å². The molecule has 1 unspecified atom stereocenters. The van der Waals surface area contributed by atoms with Crippen molar-refractivity contribution in [2.45, 2.75) is 17.2 Å². The third-order valence-electron chi connectivity index (χ3n) is 2.45. The van der Waals surface area contributed by atoms with E-state index < -0.39 is 28.9 Å². The fraction of sp³-hybridized carbons (Fsp3) is 0.364. The summed E-state index contributed by atoms with van der Waals surface area (Å²) < 4.78 is 52.9. The maximum Gasteiger partial charge on any atom is 0.461 e. The van der Waals surface area contributed by atoms with E-state index >= 15 is 0 Å². The number of carbonyl (C=O) groups is 1. The third kappa shape index (κ3) is 3.12. The first-order valence-electron chi connectivity index (χ1n) is 5.33. The van der Waals surface area contributed by atoms with Crippen molar-refractivity contribution in [3.8, 4) is 5.75 Å². The number of halogens is 5. The second-order valence-electron chi connectivity index (χ2n) is 3.84. The largest absolute Gasteiger partial charge is 0.461 e. The summed E-state index contributed by atoms with van der Waals surface area (Å²) in [7, 11) is 0. The summed E-state index contributed by atoms with van der Waals surface area (Å²) in [5.41, 5.74) is 0.258. The molecule has 3 nitrogen and oxygen atoms in total. The number of hydrogen-bond acceptors (Lipinski definition) is 3. The van der Waals surface area contributed by atoms with Crippen LogP contribution in [0.3, 0.4) is 0 Å². The van der Waals surface area contributed by atoms with Gasteiger partial charge in [-0.05, 0) is 12.1 Å². The molecule has 0 aromatic heterocycles. The first-order valence-corrected chi connectivity index (χ1v) is 6.82. The van der Waals surface area contributed by atoms with Gasteiger partial charge in [-0.3, -0.25) is 4.79 Å². The van der Waals surface area contributed by atoms with Crippen molar-refractivity contribution in [1.29, 1.82) is 0 Å². The SMILES string of the molecule is O=C1C(Cl)SCN1c1cccc(OC(F)(F)C(F)F)c1. The van der Waals surface area contributed by atoms with E-state index in [0.29, 0.717) is 0 Å². The minimum atomic E-state index is -4.59. The molecule has 0 bridgehead atoms. The number of rotatable bonds is 4. The third-order valence-corrected chi connectivity index (χ3v) is 3.91. The van der Waals surface area contributed by atoms with Crippen LogP contribution in [0.2, 0.25) is 0 Å². The molecule has 0 radical (unpaired) electrons. The molecule has 1 fully saturated rings. The molecule has 110 valence electrons. The first-order chi connectivity index (χ1) is 9.31. The summed E-state index contributed by atoms with van der Waals surface area (Å²) in [6.45, 7) is 0. The van der Waals surface area contributed by atoms with Gasteiger partial charge in [0.15, 0.2) is 4.71 Å². The standard InChI is InChI=1S/C11H8ClF4NO2S/c12-8-9(18)17(5-20-8)6-2-1-3-7(4-6)19-11(15,16)10(13)14/h1-4,8,10H,5H2.